The number of nitrogens with zero attached hydrogens (tertiary/aromatic N) is 6. The van der Waals surface area contributed by atoms with Crippen LogP contribution in [-0.4, -0.2) is 101 Å². The summed E-state index contributed by atoms with van der Waals surface area (Å²) in [4.78, 5) is 53.6. The second kappa shape index (κ2) is 14.4. The second-order valence-corrected chi connectivity index (χ2v) is 9.68. The van der Waals surface area contributed by atoms with E-state index in [0.29, 0.717) is 49.2 Å². The number of likely N-dealkylation sites (N-methyl/N-ethyl adjacent to an activating group) is 1. The Morgan fingerprint density at radius 2 is 1.69 bits per heavy atom. The Morgan fingerprint density at radius 1 is 1.08 bits per heavy atom. The SMILES string of the molecule is CCCn1cnc2c1c(=O)n(CCCC(C)(O)C#CCN1CCN(C)CC1)c(=O)n2C.O=C(O)/C=C/C(=O)O. The zero-order chi connectivity index (χ0) is 29.2. The summed E-state index contributed by atoms with van der Waals surface area (Å²) in [5, 5.41) is 26.2. The molecular formula is C26H38N6O7. The fourth-order valence-electron chi connectivity index (χ4n) is 4.06. The van der Waals surface area contributed by atoms with Crippen molar-refractivity contribution in [3.8, 4) is 11.8 Å². The van der Waals surface area contributed by atoms with Gasteiger partial charge in [-0.15, -0.1) is 0 Å². The first-order valence-electron chi connectivity index (χ1n) is 12.8. The standard InChI is InChI=1S/C22H34N6O3.C4H4O4/c1-5-10-27-17-23-19-18(27)20(29)28(21(30)25(19)4)12-7-9-22(2,31)8-6-11-26-15-13-24(3)14-16-26;5-3(6)1-2-4(7)8/h17,31H,5,7,9-16H2,1-4H3;1-2H,(H,5,6)(H,7,8)/b;2-1+. The van der Waals surface area contributed by atoms with Crippen LogP contribution >= 0.6 is 0 Å². The van der Waals surface area contributed by atoms with Gasteiger partial charge >= 0.3 is 17.6 Å². The van der Waals surface area contributed by atoms with Crippen molar-refractivity contribution in [3.05, 3.63) is 39.3 Å². The lowest BCUT2D eigenvalue weighted by Crippen LogP contribution is -2.44. The van der Waals surface area contributed by atoms with E-state index in [0.717, 1.165) is 32.6 Å². The molecule has 3 N–H and O–H groups in total. The lowest BCUT2D eigenvalue weighted by Gasteiger charge is -2.30. The van der Waals surface area contributed by atoms with Crippen molar-refractivity contribution in [2.45, 2.75) is 51.8 Å². The van der Waals surface area contributed by atoms with E-state index in [9.17, 15) is 24.3 Å². The lowest BCUT2D eigenvalue weighted by molar-refractivity contribution is -0.134. The maximum atomic E-state index is 13.0. The number of carboxylic acid groups (broad SMARTS) is 2. The van der Waals surface area contributed by atoms with Gasteiger partial charge in [-0.25, -0.2) is 19.4 Å². The highest BCUT2D eigenvalue weighted by Crippen LogP contribution is 2.12. The third-order valence-corrected chi connectivity index (χ3v) is 6.24. The fourth-order valence-corrected chi connectivity index (χ4v) is 4.06. The molecule has 0 spiro atoms. The van der Waals surface area contributed by atoms with E-state index < -0.39 is 17.5 Å². The number of aliphatic hydroxyl groups is 1. The van der Waals surface area contributed by atoms with Crippen LogP contribution in [0.3, 0.4) is 0 Å². The van der Waals surface area contributed by atoms with Gasteiger partial charge in [0, 0.05) is 58.5 Å². The van der Waals surface area contributed by atoms with Crippen molar-refractivity contribution < 1.29 is 24.9 Å². The smallest absolute Gasteiger partial charge is 0.332 e. The van der Waals surface area contributed by atoms with Crippen molar-refractivity contribution in [2.24, 2.45) is 7.05 Å². The minimum atomic E-state index is -1.26. The summed E-state index contributed by atoms with van der Waals surface area (Å²) in [7, 11) is 3.74. The summed E-state index contributed by atoms with van der Waals surface area (Å²) >= 11 is 0. The van der Waals surface area contributed by atoms with Crippen molar-refractivity contribution in [2.75, 3.05) is 39.8 Å². The highest BCUT2D eigenvalue weighted by molar-refractivity contribution is 5.89. The predicted molar refractivity (Wildman–Crippen MR) is 146 cm³/mol. The Bertz CT molecular complexity index is 1330. The molecule has 0 bridgehead atoms. The van der Waals surface area contributed by atoms with Gasteiger partial charge in [0.05, 0.1) is 12.9 Å². The topological polar surface area (TPSA) is 163 Å². The third kappa shape index (κ3) is 9.51. The van der Waals surface area contributed by atoms with Gasteiger partial charge in [0.15, 0.2) is 11.2 Å². The molecule has 13 heteroatoms. The van der Waals surface area contributed by atoms with Crippen LogP contribution in [0.5, 0.6) is 0 Å². The van der Waals surface area contributed by atoms with E-state index >= 15 is 0 Å². The molecule has 39 heavy (non-hydrogen) atoms. The molecule has 2 aromatic heterocycles. The third-order valence-electron chi connectivity index (χ3n) is 6.24. The molecule has 2 aromatic rings. The quantitative estimate of drug-likeness (QED) is 0.284. The minimum absolute atomic E-state index is 0.231. The highest BCUT2D eigenvalue weighted by atomic mass is 16.4. The van der Waals surface area contributed by atoms with E-state index in [1.807, 2.05) is 6.92 Å². The Morgan fingerprint density at radius 3 is 2.26 bits per heavy atom. The number of hydrogen-bond acceptors (Lipinski definition) is 8. The zero-order valence-electron chi connectivity index (χ0n) is 23.0. The van der Waals surface area contributed by atoms with Gasteiger partial charge in [0.2, 0.25) is 0 Å². The molecule has 1 unspecified atom stereocenters. The van der Waals surface area contributed by atoms with Crippen LogP contribution < -0.4 is 11.2 Å². The summed E-state index contributed by atoms with van der Waals surface area (Å²) in [5.74, 6) is 3.54. The van der Waals surface area contributed by atoms with Gasteiger partial charge in [0.1, 0.15) is 5.60 Å². The number of hydrogen-bond donors (Lipinski definition) is 3. The Labute approximate surface area is 226 Å². The van der Waals surface area contributed by atoms with Gasteiger partial charge in [0.25, 0.3) is 5.56 Å². The van der Waals surface area contributed by atoms with Crippen LogP contribution in [0.15, 0.2) is 28.1 Å². The first-order valence-corrected chi connectivity index (χ1v) is 12.8. The molecule has 1 aliphatic heterocycles. The average molecular weight is 547 g/mol. The number of imidazole rings is 1. The molecule has 0 saturated carbocycles. The first kappa shape index (κ1) is 31.5. The Hall–Kier alpha value is -3.73. The van der Waals surface area contributed by atoms with Crippen molar-refractivity contribution in [3.63, 3.8) is 0 Å². The molecule has 214 valence electrons. The van der Waals surface area contributed by atoms with E-state index in [4.69, 9.17) is 10.2 Å². The number of carboxylic acids is 2. The number of aliphatic carboxylic acids is 2. The molecular weight excluding hydrogens is 508 g/mol. The Kier molecular flexibility index (Phi) is 11.7. The summed E-state index contributed by atoms with van der Waals surface area (Å²) in [6.45, 7) is 9.28. The van der Waals surface area contributed by atoms with Crippen molar-refractivity contribution >= 4 is 23.1 Å². The normalized spacial score (nSPS) is 15.8. The molecule has 1 fully saturated rings. The summed E-state index contributed by atoms with van der Waals surface area (Å²) in [5.41, 5.74) is -1.02. The molecule has 1 aliphatic rings. The van der Waals surface area contributed by atoms with Gasteiger partial charge in [-0.2, -0.15) is 0 Å². The number of carbonyl (C=O) groups is 2. The van der Waals surface area contributed by atoms with Crippen LogP contribution in [0.25, 0.3) is 11.2 Å². The molecule has 0 radical (unpaired) electrons. The number of aryl methyl sites for hydroxylation is 2. The highest BCUT2D eigenvalue weighted by Gasteiger charge is 2.20. The molecule has 0 aliphatic carbocycles. The van der Waals surface area contributed by atoms with Gasteiger partial charge in [-0.05, 0) is 33.2 Å². The minimum Gasteiger partial charge on any atom is -0.478 e. The number of piperazine rings is 1. The van der Waals surface area contributed by atoms with Crippen LogP contribution in [0.4, 0.5) is 0 Å². The van der Waals surface area contributed by atoms with Crippen LogP contribution in [0.1, 0.15) is 33.1 Å². The van der Waals surface area contributed by atoms with E-state index in [1.165, 1.54) is 9.13 Å². The summed E-state index contributed by atoms with van der Waals surface area (Å²) < 4.78 is 4.45. The summed E-state index contributed by atoms with van der Waals surface area (Å²) in [6.07, 6.45) is 4.44. The van der Waals surface area contributed by atoms with Gasteiger partial charge in [-0.3, -0.25) is 18.8 Å². The van der Waals surface area contributed by atoms with Crippen LogP contribution in [0.2, 0.25) is 0 Å². The maximum Gasteiger partial charge on any atom is 0.332 e. The average Bonchev–Trinajstić information content (AvgIpc) is 3.29. The number of fused-ring (bicyclic) bond motifs is 1. The lowest BCUT2D eigenvalue weighted by atomic mass is 10.0. The molecule has 0 aromatic carbocycles. The van der Waals surface area contributed by atoms with Crippen LogP contribution in [0, 0.1) is 11.8 Å². The predicted octanol–water partition coefficient (Wildman–Crippen LogP) is -0.199. The van der Waals surface area contributed by atoms with E-state index in [-0.39, 0.29) is 17.8 Å². The summed E-state index contributed by atoms with van der Waals surface area (Å²) in [6, 6.07) is 0. The molecule has 0 amide bonds. The van der Waals surface area contributed by atoms with E-state index in [1.54, 1.807) is 24.9 Å². The maximum absolute atomic E-state index is 13.0. The van der Waals surface area contributed by atoms with Crippen molar-refractivity contribution in [1.82, 2.24) is 28.5 Å². The van der Waals surface area contributed by atoms with Gasteiger partial charge < -0.3 is 24.8 Å². The van der Waals surface area contributed by atoms with E-state index in [2.05, 4.69) is 33.7 Å². The van der Waals surface area contributed by atoms with Crippen molar-refractivity contribution in [1.29, 1.82) is 0 Å². The zero-order valence-corrected chi connectivity index (χ0v) is 23.0. The molecule has 1 atom stereocenters. The molecule has 1 saturated heterocycles. The molecule has 3 heterocycles. The largest absolute Gasteiger partial charge is 0.478 e. The Balaban J connectivity index is 0.000000580. The number of rotatable bonds is 9. The first-order chi connectivity index (χ1) is 18.4. The fraction of sp³-hybridized carbons (Fsp3) is 0.577. The second-order valence-electron chi connectivity index (χ2n) is 9.68. The molecule has 13 nitrogen and oxygen atoms in total. The van der Waals surface area contributed by atoms with Crippen LogP contribution in [-0.2, 0) is 29.7 Å². The monoisotopic (exact) mass is 546 g/mol. The number of aromatic nitrogens is 4. The van der Waals surface area contributed by atoms with Gasteiger partial charge in [-0.1, -0.05) is 18.8 Å². The molecule has 3 rings (SSSR count).